The molecule has 0 aliphatic carbocycles. The fraction of sp³-hybridized carbons (Fsp3) is 0.810. The average Bonchev–Trinajstić information content (AvgIpc) is 3.25. The van der Waals surface area contributed by atoms with Gasteiger partial charge in [0.2, 0.25) is 0 Å². The summed E-state index contributed by atoms with van der Waals surface area (Å²) in [5.74, 6) is 1.64. The summed E-state index contributed by atoms with van der Waals surface area (Å²) in [6.07, 6.45) is 1.65. The Morgan fingerprint density at radius 2 is 1.73 bits per heavy atom. The van der Waals surface area contributed by atoms with Crippen molar-refractivity contribution in [3.8, 4) is 0 Å². The molecule has 1 unspecified atom stereocenters. The molecule has 0 saturated carbocycles. The molecule has 172 valence electrons. The number of hydrogen-bond donors (Lipinski definition) is 1. The van der Waals surface area contributed by atoms with Crippen molar-refractivity contribution in [2.45, 2.75) is 27.3 Å². The molecule has 0 aromatic carbocycles. The van der Waals surface area contributed by atoms with Crippen molar-refractivity contribution in [1.29, 1.82) is 0 Å². The van der Waals surface area contributed by atoms with E-state index in [9.17, 15) is 0 Å². The summed E-state index contributed by atoms with van der Waals surface area (Å²) < 4.78 is 4.94. The molecule has 3 heterocycles. The van der Waals surface area contributed by atoms with Gasteiger partial charge in [0.1, 0.15) is 6.26 Å². The minimum absolute atomic E-state index is 0. The normalized spacial score (nSPS) is 20.8. The van der Waals surface area contributed by atoms with Gasteiger partial charge in [0.05, 0.1) is 5.69 Å². The largest absolute Gasteiger partial charge is 0.364 e. The summed E-state index contributed by atoms with van der Waals surface area (Å²) in [7, 11) is 0. The highest BCUT2D eigenvalue weighted by Gasteiger charge is 2.21. The molecule has 3 rings (SSSR count). The maximum Gasteiger partial charge on any atom is 0.194 e. The number of guanidine groups is 1. The van der Waals surface area contributed by atoms with Gasteiger partial charge in [-0.3, -0.25) is 9.89 Å². The number of rotatable bonds is 8. The van der Waals surface area contributed by atoms with Crippen LogP contribution in [0, 0.1) is 5.92 Å². The predicted molar refractivity (Wildman–Crippen MR) is 132 cm³/mol. The summed E-state index contributed by atoms with van der Waals surface area (Å²) in [6.45, 7) is 20.5. The van der Waals surface area contributed by atoms with E-state index in [2.05, 4.69) is 50.8 Å². The Bertz CT molecular complexity index is 597. The molecule has 1 atom stereocenters. The van der Waals surface area contributed by atoms with Gasteiger partial charge >= 0.3 is 0 Å². The Hall–Kier alpha value is -0.910. The summed E-state index contributed by atoms with van der Waals surface area (Å²) >= 11 is 0. The van der Waals surface area contributed by atoms with Crippen LogP contribution in [0.25, 0.3) is 0 Å². The van der Waals surface area contributed by atoms with Crippen LogP contribution >= 0.6 is 24.0 Å². The molecule has 0 amide bonds. The summed E-state index contributed by atoms with van der Waals surface area (Å²) in [5, 5.41) is 7.52. The number of hydrogen-bond acceptors (Lipinski definition) is 6. The average molecular weight is 534 g/mol. The molecule has 2 saturated heterocycles. The first-order chi connectivity index (χ1) is 14.2. The second-order valence-electron chi connectivity index (χ2n) is 8.29. The van der Waals surface area contributed by atoms with Crippen molar-refractivity contribution < 1.29 is 4.52 Å². The van der Waals surface area contributed by atoms with Crippen molar-refractivity contribution in [3.63, 3.8) is 0 Å². The minimum atomic E-state index is 0. The van der Waals surface area contributed by atoms with Crippen molar-refractivity contribution in [2.75, 3.05) is 78.5 Å². The molecule has 30 heavy (non-hydrogen) atoms. The number of aliphatic imine (C=N–C) groups is 1. The van der Waals surface area contributed by atoms with Crippen molar-refractivity contribution in [2.24, 2.45) is 10.9 Å². The first-order valence-corrected chi connectivity index (χ1v) is 11.3. The molecule has 2 aliphatic rings. The van der Waals surface area contributed by atoms with Crippen LogP contribution in [-0.4, -0.2) is 109 Å². The quantitative estimate of drug-likeness (QED) is 0.310. The maximum absolute atomic E-state index is 4.98. The van der Waals surface area contributed by atoms with E-state index in [-0.39, 0.29) is 24.0 Å². The summed E-state index contributed by atoms with van der Waals surface area (Å²) in [6, 6.07) is 1.95. The third-order valence-electron chi connectivity index (χ3n) is 5.92. The van der Waals surface area contributed by atoms with Crippen LogP contribution in [0.4, 0.5) is 0 Å². The van der Waals surface area contributed by atoms with Gasteiger partial charge in [0, 0.05) is 84.6 Å². The summed E-state index contributed by atoms with van der Waals surface area (Å²) in [4.78, 5) is 14.9. The zero-order chi connectivity index (χ0) is 20.5. The second-order valence-corrected chi connectivity index (χ2v) is 8.29. The number of aromatic nitrogens is 1. The SMILES string of the molecule is CCNC(=NCC(C)CN1CCN(CC)CC1)N1CCN(Cc2ccon2)CC1.I. The lowest BCUT2D eigenvalue weighted by Gasteiger charge is -2.36. The van der Waals surface area contributed by atoms with E-state index in [1.165, 1.54) is 32.7 Å². The smallest absolute Gasteiger partial charge is 0.194 e. The van der Waals surface area contributed by atoms with E-state index < -0.39 is 0 Å². The predicted octanol–water partition coefficient (Wildman–Crippen LogP) is 1.65. The molecule has 2 fully saturated rings. The Morgan fingerprint density at radius 1 is 1.07 bits per heavy atom. The van der Waals surface area contributed by atoms with Crippen LogP contribution in [0.3, 0.4) is 0 Å². The third kappa shape index (κ3) is 7.97. The molecular formula is C21H40IN7O. The topological polar surface area (TPSA) is 63.4 Å². The molecule has 8 nitrogen and oxygen atoms in total. The molecule has 1 N–H and O–H groups in total. The molecule has 1 aromatic heterocycles. The second kappa shape index (κ2) is 13.5. The molecule has 0 spiro atoms. The maximum atomic E-state index is 4.98. The van der Waals surface area contributed by atoms with Crippen LogP contribution in [0.2, 0.25) is 0 Å². The van der Waals surface area contributed by atoms with E-state index in [0.29, 0.717) is 5.92 Å². The Morgan fingerprint density at radius 3 is 2.33 bits per heavy atom. The fourth-order valence-corrected chi connectivity index (χ4v) is 4.12. The first kappa shape index (κ1) is 25.4. The minimum Gasteiger partial charge on any atom is -0.364 e. The molecule has 0 radical (unpaired) electrons. The van der Waals surface area contributed by atoms with Gasteiger partial charge in [-0.15, -0.1) is 24.0 Å². The van der Waals surface area contributed by atoms with Gasteiger partial charge in [0.15, 0.2) is 5.96 Å². The molecular weight excluding hydrogens is 493 g/mol. The highest BCUT2D eigenvalue weighted by atomic mass is 127. The monoisotopic (exact) mass is 533 g/mol. The van der Waals surface area contributed by atoms with Crippen LogP contribution in [0.5, 0.6) is 0 Å². The van der Waals surface area contributed by atoms with Gasteiger partial charge in [-0.1, -0.05) is 19.0 Å². The highest BCUT2D eigenvalue weighted by Crippen LogP contribution is 2.09. The van der Waals surface area contributed by atoms with Crippen LogP contribution in [0.15, 0.2) is 21.8 Å². The Kier molecular flexibility index (Phi) is 11.4. The lowest BCUT2D eigenvalue weighted by atomic mass is 10.1. The standard InChI is InChI=1S/C21H39N7O.HI/c1-4-22-21(23-16-19(3)17-26-9-7-25(5-2)8-10-26)28-13-11-27(12-14-28)18-20-6-15-29-24-20;/h6,15,19H,4-5,7-14,16-18H2,1-3H3,(H,22,23);1H. The zero-order valence-electron chi connectivity index (χ0n) is 18.9. The van der Waals surface area contributed by atoms with Crippen molar-refractivity contribution >= 4 is 29.9 Å². The number of nitrogens with zero attached hydrogens (tertiary/aromatic N) is 6. The van der Waals surface area contributed by atoms with Crippen molar-refractivity contribution in [3.05, 3.63) is 18.0 Å². The molecule has 2 aliphatic heterocycles. The van der Waals surface area contributed by atoms with E-state index in [4.69, 9.17) is 9.52 Å². The van der Waals surface area contributed by atoms with Crippen LogP contribution in [-0.2, 0) is 6.54 Å². The number of nitrogens with one attached hydrogen (secondary N) is 1. The van der Waals surface area contributed by atoms with Gasteiger partial charge in [-0.25, -0.2) is 0 Å². The number of halogens is 1. The van der Waals surface area contributed by atoms with E-state index in [1.807, 2.05) is 6.07 Å². The molecule has 1 aromatic rings. The van der Waals surface area contributed by atoms with Crippen LogP contribution < -0.4 is 5.32 Å². The summed E-state index contributed by atoms with van der Waals surface area (Å²) in [5.41, 5.74) is 1.01. The molecule has 0 bridgehead atoms. The van der Waals surface area contributed by atoms with Gasteiger partial charge in [-0.2, -0.15) is 0 Å². The van der Waals surface area contributed by atoms with E-state index in [1.54, 1.807) is 6.26 Å². The lowest BCUT2D eigenvalue weighted by Crippen LogP contribution is -2.52. The number of likely N-dealkylation sites (N-methyl/N-ethyl adjacent to an activating group) is 1. The third-order valence-corrected chi connectivity index (χ3v) is 5.92. The number of piperazine rings is 2. The Balaban J connectivity index is 0.00000320. The van der Waals surface area contributed by atoms with Gasteiger partial charge < -0.3 is 24.5 Å². The Labute approximate surface area is 199 Å². The lowest BCUT2D eigenvalue weighted by molar-refractivity contribution is 0.125. The molecule has 9 heteroatoms. The van der Waals surface area contributed by atoms with Gasteiger partial charge in [-0.05, 0) is 19.4 Å². The zero-order valence-corrected chi connectivity index (χ0v) is 21.3. The van der Waals surface area contributed by atoms with E-state index in [0.717, 1.165) is 64.0 Å². The van der Waals surface area contributed by atoms with Crippen molar-refractivity contribution in [1.82, 2.24) is 30.1 Å². The van der Waals surface area contributed by atoms with E-state index >= 15 is 0 Å². The van der Waals surface area contributed by atoms with Gasteiger partial charge in [0.25, 0.3) is 0 Å². The fourth-order valence-electron chi connectivity index (χ4n) is 4.12. The first-order valence-electron chi connectivity index (χ1n) is 11.3. The van der Waals surface area contributed by atoms with Crippen LogP contribution in [0.1, 0.15) is 26.5 Å². The highest BCUT2D eigenvalue weighted by molar-refractivity contribution is 14.0.